The summed E-state index contributed by atoms with van der Waals surface area (Å²) in [5, 5.41) is 1.92. The first-order valence-corrected chi connectivity index (χ1v) is 9.63. The van der Waals surface area contributed by atoms with Crippen molar-refractivity contribution in [3.05, 3.63) is 64.7 Å². The maximum Gasteiger partial charge on any atom is 0.417 e. The second-order valence-electron chi connectivity index (χ2n) is 5.55. The van der Waals surface area contributed by atoms with Gasteiger partial charge in [-0.1, -0.05) is 41.9 Å². The Bertz CT molecular complexity index is 903. The van der Waals surface area contributed by atoms with Crippen LogP contribution in [0.3, 0.4) is 0 Å². The molecule has 0 radical (unpaired) electrons. The standard InChI is InChI=1S/C17H16ClF3N2O3S/c18-15-7-6-13(10-14(15)17(19,20)21)27(25,26)23-11-16(24)22-9-8-12-4-2-1-3-5-12/h1-7,10,23H,8-9,11H2,(H,22,24). The molecule has 2 N–H and O–H groups in total. The maximum atomic E-state index is 12.8. The van der Waals surface area contributed by atoms with Gasteiger partial charge in [0.15, 0.2) is 0 Å². The molecule has 0 heterocycles. The maximum absolute atomic E-state index is 12.8. The number of hydrogen-bond acceptors (Lipinski definition) is 3. The molecule has 0 unspecified atom stereocenters. The summed E-state index contributed by atoms with van der Waals surface area (Å²) in [4.78, 5) is 11.1. The van der Waals surface area contributed by atoms with Crippen LogP contribution in [0.5, 0.6) is 0 Å². The highest BCUT2D eigenvalue weighted by molar-refractivity contribution is 7.89. The molecule has 1 amide bonds. The van der Waals surface area contributed by atoms with Crippen molar-refractivity contribution in [3.8, 4) is 0 Å². The zero-order chi connectivity index (χ0) is 20.1. The molecule has 2 aromatic rings. The lowest BCUT2D eigenvalue weighted by atomic mass is 10.1. The van der Waals surface area contributed by atoms with Crippen LogP contribution in [0.1, 0.15) is 11.1 Å². The summed E-state index contributed by atoms with van der Waals surface area (Å²) in [5.74, 6) is -0.598. The Morgan fingerprint density at radius 3 is 2.37 bits per heavy atom. The van der Waals surface area contributed by atoms with E-state index in [-0.39, 0.29) is 0 Å². The van der Waals surface area contributed by atoms with E-state index in [2.05, 4.69) is 5.32 Å². The second-order valence-corrected chi connectivity index (χ2v) is 7.72. The van der Waals surface area contributed by atoms with E-state index in [0.717, 1.165) is 17.7 Å². The first-order valence-electron chi connectivity index (χ1n) is 7.76. The van der Waals surface area contributed by atoms with Gasteiger partial charge in [-0.3, -0.25) is 4.79 Å². The zero-order valence-electron chi connectivity index (χ0n) is 13.9. The van der Waals surface area contributed by atoms with Crippen molar-refractivity contribution in [2.24, 2.45) is 0 Å². The van der Waals surface area contributed by atoms with Crippen LogP contribution in [0.15, 0.2) is 53.4 Å². The van der Waals surface area contributed by atoms with Crippen molar-refractivity contribution in [1.82, 2.24) is 10.0 Å². The molecular weight excluding hydrogens is 405 g/mol. The molecular formula is C17H16ClF3N2O3S. The highest BCUT2D eigenvalue weighted by Crippen LogP contribution is 2.35. The van der Waals surface area contributed by atoms with Crippen molar-refractivity contribution < 1.29 is 26.4 Å². The first kappa shape index (κ1) is 21.2. The Morgan fingerprint density at radius 1 is 1.07 bits per heavy atom. The molecule has 2 aromatic carbocycles. The number of hydrogen-bond donors (Lipinski definition) is 2. The normalized spacial score (nSPS) is 12.0. The number of benzene rings is 2. The Balaban J connectivity index is 1.93. The van der Waals surface area contributed by atoms with E-state index in [1.165, 1.54) is 0 Å². The van der Waals surface area contributed by atoms with Crippen molar-refractivity contribution in [3.63, 3.8) is 0 Å². The van der Waals surface area contributed by atoms with Gasteiger partial charge in [-0.2, -0.15) is 13.2 Å². The molecule has 146 valence electrons. The molecule has 0 aliphatic carbocycles. The highest BCUT2D eigenvalue weighted by Gasteiger charge is 2.34. The molecule has 10 heteroatoms. The second kappa shape index (κ2) is 8.73. The number of amides is 1. The van der Waals surface area contributed by atoms with Crippen LogP contribution < -0.4 is 10.0 Å². The molecule has 0 atom stereocenters. The summed E-state index contributed by atoms with van der Waals surface area (Å²) in [6, 6.07) is 11.5. The number of sulfonamides is 1. The minimum absolute atomic E-state index is 0.295. The minimum atomic E-state index is -4.79. The average molecular weight is 421 g/mol. The van der Waals surface area contributed by atoms with Gasteiger partial charge in [0, 0.05) is 6.54 Å². The fraction of sp³-hybridized carbons (Fsp3) is 0.235. The van der Waals surface area contributed by atoms with Crippen LogP contribution in [-0.2, 0) is 27.4 Å². The van der Waals surface area contributed by atoms with Crippen LogP contribution in [0, 0.1) is 0 Å². The summed E-state index contributed by atoms with van der Waals surface area (Å²) in [6.07, 6.45) is -4.23. The fourth-order valence-electron chi connectivity index (χ4n) is 2.19. The van der Waals surface area contributed by atoms with Crippen molar-refractivity contribution >= 4 is 27.5 Å². The van der Waals surface area contributed by atoms with Gasteiger partial charge in [-0.05, 0) is 30.2 Å². The van der Waals surface area contributed by atoms with Gasteiger partial charge in [-0.25, -0.2) is 13.1 Å². The van der Waals surface area contributed by atoms with E-state index >= 15 is 0 Å². The lowest BCUT2D eigenvalue weighted by Gasteiger charge is -2.12. The average Bonchev–Trinajstić information content (AvgIpc) is 2.60. The smallest absolute Gasteiger partial charge is 0.355 e. The van der Waals surface area contributed by atoms with Crippen molar-refractivity contribution in [2.75, 3.05) is 13.1 Å². The van der Waals surface area contributed by atoms with E-state index < -0.39 is 44.1 Å². The topological polar surface area (TPSA) is 75.3 Å². The van der Waals surface area contributed by atoms with Gasteiger partial charge in [0.1, 0.15) is 0 Å². The molecule has 27 heavy (non-hydrogen) atoms. The van der Waals surface area contributed by atoms with Crippen LogP contribution in [0.25, 0.3) is 0 Å². The summed E-state index contributed by atoms with van der Waals surface area (Å²) in [7, 11) is -4.30. The molecule has 0 saturated heterocycles. The summed E-state index contributed by atoms with van der Waals surface area (Å²) >= 11 is 5.47. The Hall–Kier alpha value is -2.10. The third-order valence-corrected chi connectivity index (χ3v) is 5.28. The van der Waals surface area contributed by atoms with Gasteiger partial charge in [0.2, 0.25) is 15.9 Å². The van der Waals surface area contributed by atoms with E-state index in [1.54, 1.807) is 0 Å². The van der Waals surface area contributed by atoms with Crippen molar-refractivity contribution in [1.29, 1.82) is 0 Å². The van der Waals surface area contributed by atoms with E-state index in [0.29, 0.717) is 19.0 Å². The molecule has 0 aliphatic rings. The molecule has 5 nitrogen and oxygen atoms in total. The van der Waals surface area contributed by atoms with Gasteiger partial charge in [-0.15, -0.1) is 0 Å². The molecule has 0 saturated carbocycles. The van der Waals surface area contributed by atoms with Gasteiger partial charge < -0.3 is 5.32 Å². The molecule has 0 bridgehead atoms. The SMILES string of the molecule is O=C(CNS(=O)(=O)c1ccc(Cl)c(C(F)(F)F)c1)NCCc1ccccc1. The predicted octanol–water partition coefficient (Wildman–Crippen LogP) is 3.00. The number of alkyl halides is 3. The Kier molecular flexibility index (Phi) is 6.85. The van der Waals surface area contributed by atoms with E-state index in [1.807, 2.05) is 35.1 Å². The monoisotopic (exact) mass is 420 g/mol. The van der Waals surface area contributed by atoms with E-state index in [9.17, 15) is 26.4 Å². The Morgan fingerprint density at radius 2 is 1.74 bits per heavy atom. The van der Waals surface area contributed by atoms with Gasteiger partial charge in [0.05, 0.1) is 22.0 Å². The summed E-state index contributed by atoms with van der Waals surface area (Å²) < 4.78 is 64.8. The minimum Gasteiger partial charge on any atom is -0.355 e. The third-order valence-electron chi connectivity index (χ3n) is 3.55. The van der Waals surface area contributed by atoms with Gasteiger partial charge in [0.25, 0.3) is 0 Å². The molecule has 0 spiro atoms. The molecule has 0 aromatic heterocycles. The third kappa shape index (κ3) is 6.23. The number of carbonyl (C=O) groups is 1. The van der Waals surface area contributed by atoms with Crippen LogP contribution >= 0.6 is 11.6 Å². The largest absolute Gasteiger partial charge is 0.417 e. The molecule has 0 aliphatic heterocycles. The number of halogens is 4. The lowest BCUT2D eigenvalue weighted by molar-refractivity contribution is -0.137. The van der Waals surface area contributed by atoms with Crippen molar-refractivity contribution in [2.45, 2.75) is 17.5 Å². The fourth-order valence-corrected chi connectivity index (χ4v) is 3.42. The number of nitrogens with one attached hydrogen (secondary N) is 2. The van der Waals surface area contributed by atoms with E-state index in [4.69, 9.17) is 11.6 Å². The predicted molar refractivity (Wildman–Crippen MR) is 94.8 cm³/mol. The number of rotatable bonds is 7. The molecule has 0 fully saturated rings. The quantitative estimate of drug-likeness (QED) is 0.723. The summed E-state index contributed by atoms with van der Waals surface area (Å²) in [6.45, 7) is -0.301. The van der Waals surface area contributed by atoms with Gasteiger partial charge >= 0.3 is 6.18 Å². The number of carbonyl (C=O) groups excluding carboxylic acids is 1. The highest BCUT2D eigenvalue weighted by atomic mass is 35.5. The summed E-state index contributed by atoms with van der Waals surface area (Å²) in [5.41, 5.74) is -0.265. The first-order chi connectivity index (χ1) is 12.6. The molecule has 2 rings (SSSR count). The Labute approximate surface area is 159 Å². The van der Waals surface area contributed by atoms with Crippen LogP contribution in [-0.4, -0.2) is 27.4 Å². The lowest BCUT2D eigenvalue weighted by Crippen LogP contribution is -2.37. The van der Waals surface area contributed by atoms with Crippen LogP contribution in [0.2, 0.25) is 5.02 Å². The zero-order valence-corrected chi connectivity index (χ0v) is 15.5. The van der Waals surface area contributed by atoms with Crippen LogP contribution in [0.4, 0.5) is 13.2 Å².